The number of anilines is 1. The van der Waals surface area contributed by atoms with Crippen molar-refractivity contribution < 1.29 is 9.53 Å². The topological polar surface area (TPSA) is 79.4 Å². The summed E-state index contributed by atoms with van der Waals surface area (Å²) >= 11 is 3.22. The third-order valence-electron chi connectivity index (χ3n) is 4.73. The van der Waals surface area contributed by atoms with Crippen LogP contribution in [0, 0.1) is 6.92 Å². The average Bonchev–Trinajstić information content (AvgIpc) is 3.29. The Hall–Kier alpha value is -1.55. The average molecular weight is 396 g/mol. The van der Waals surface area contributed by atoms with E-state index in [1.54, 1.807) is 24.6 Å². The third-order valence-corrected chi connectivity index (χ3v) is 6.33. The van der Waals surface area contributed by atoms with E-state index in [1.807, 2.05) is 17.8 Å². The Labute approximate surface area is 161 Å². The molecule has 9 heteroatoms. The predicted octanol–water partition coefficient (Wildman–Crippen LogP) is 2.12. The van der Waals surface area contributed by atoms with Crippen molar-refractivity contribution in [1.82, 2.24) is 20.2 Å². The molecule has 0 aliphatic carbocycles. The number of aryl methyl sites for hydroxylation is 1. The van der Waals surface area contributed by atoms with Crippen LogP contribution in [-0.2, 0) is 16.1 Å². The molecule has 1 fully saturated rings. The van der Waals surface area contributed by atoms with Crippen molar-refractivity contribution in [3.8, 4) is 0 Å². The molecule has 0 spiro atoms. The van der Waals surface area contributed by atoms with Gasteiger partial charge in [0.1, 0.15) is 5.54 Å². The summed E-state index contributed by atoms with van der Waals surface area (Å²) in [6.45, 7) is 5.68. The molecule has 0 saturated carbocycles. The zero-order valence-corrected chi connectivity index (χ0v) is 16.8. The third kappa shape index (κ3) is 4.59. The molecule has 2 aromatic heterocycles. The zero-order valence-electron chi connectivity index (χ0n) is 15.2. The molecule has 1 saturated heterocycles. The first-order chi connectivity index (χ1) is 12.6. The maximum absolute atomic E-state index is 12.9. The van der Waals surface area contributed by atoms with E-state index >= 15 is 0 Å². The summed E-state index contributed by atoms with van der Waals surface area (Å²) in [5.74, 6) is 0.0263. The van der Waals surface area contributed by atoms with Crippen LogP contribution in [0.1, 0.15) is 23.4 Å². The standard InChI is InChI=1S/C17H25N5O2S2/c1-13-14(26-12-20-13)11-22-7-3-17(4-8-22,15(23)18-5-9-24-2)21-16-19-6-10-25-16/h6,10,12H,3-5,7-9,11H2,1-2H3,(H,18,23)(H,19,21). The number of methoxy groups -OCH3 is 1. The van der Waals surface area contributed by atoms with Gasteiger partial charge in [0.25, 0.3) is 0 Å². The van der Waals surface area contributed by atoms with E-state index in [1.165, 1.54) is 16.2 Å². The minimum Gasteiger partial charge on any atom is -0.383 e. The Bertz CT molecular complexity index is 696. The normalized spacial score (nSPS) is 17.2. The van der Waals surface area contributed by atoms with E-state index in [0.717, 1.165) is 43.3 Å². The lowest BCUT2D eigenvalue weighted by Crippen LogP contribution is -2.58. The van der Waals surface area contributed by atoms with E-state index in [9.17, 15) is 4.79 Å². The number of likely N-dealkylation sites (tertiary alicyclic amines) is 1. The highest BCUT2D eigenvalue weighted by atomic mass is 32.1. The van der Waals surface area contributed by atoms with Crippen LogP contribution in [0.25, 0.3) is 0 Å². The smallest absolute Gasteiger partial charge is 0.245 e. The van der Waals surface area contributed by atoms with Crippen LogP contribution in [-0.4, -0.2) is 59.7 Å². The second kappa shape index (κ2) is 8.90. The number of nitrogens with zero attached hydrogens (tertiary/aromatic N) is 3. The first kappa shape index (κ1) is 19.2. The highest BCUT2D eigenvalue weighted by Gasteiger charge is 2.41. The number of nitrogens with one attached hydrogen (secondary N) is 2. The van der Waals surface area contributed by atoms with E-state index in [0.29, 0.717) is 13.2 Å². The van der Waals surface area contributed by atoms with Crippen molar-refractivity contribution in [1.29, 1.82) is 0 Å². The Morgan fingerprint density at radius 1 is 1.35 bits per heavy atom. The molecule has 0 unspecified atom stereocenters. The van der Waals surface area contributed by atoms with Crippen LogP contribution in [0.15, 0.2) is 17.1 Å². The summed E-state index contributed by atoms with van der Waals surface area (Å²) in [5, 5.41) is 9.12. The van der Waals surface area contributed by atoms with E-state index in [2.05, 4.69) is 25.5 Å². The van der Waals surface area contributed by atoms with Crippen LogP contribution < -0.4 is 10.6 Å². The largest absolute Gasteiger partial charge is 0.383 e. The van der Waals surface area contributed by atoms with Gasteiger partial charge in [0.2, 0.25) is 5.91 Å². The van der Waals surface area contributed by atoms with Crippen molar-refractivity contribution in [3.05, 3.63) is 27.7 Å². The Balaban J connectivity index is 1.65. The van der Waals surface area contributed by atoms with Crippen molar-refractivity contribution in [2.24, 2.45) is 0 Å². The second-order valence-electron chi connectivity index (χ2n) is 6.43. The molecule has 3 heterocycles. The Morgan fingerprint density at radius 2 is 2.15 bits per heavy atom. The zero-order chi connectivity index (χ0) is 18.4. The van der Waals surface area contributed by atoms with Gasteiger partial charge in [-0.1, -0.05) is 0 Å². The van der Waals surface area contributed by atoms with Gasteiger partial charge in [0.05, 0.1) is 17.8 Å². The first-order valence-corrected chi connectivity index (χ1v) is 10.4. The van der Waals surface area contributed by atoms with Crippen molar-refractivity contribution in [2.45, 2.75) is 31.8 Å². The van der Waals surface area contributed by atoms with Crippen LogP contribution in [0.2, 0.25) is 0 Å². The summed E-state index contributed by atoms with van der Waals surface area (Å²) in [6, 6.07) is 0. The van der Waals surface area contributed by atoms with E-state index in [-0.39, 0.29) is 5.91 Å². The summed E-state index contributed by atoms with van der Waals surface area (Å²) in [4.78, 5) is 25.3. The fourth-order valence-corrected chi connectivity index (χ4v) is 4.55. The van der Waals surface area contributed by atoms with Crippen molar-refractivity contribution in [3.63, 3.8) is 0 Å². The van der Waals surface area contributed by atoms with Gasteiger partial charge < -0.3 is 15.4 Å². The molecular formula is C17H25N5O2S2. The Kier molecular flexibility index (Phi) is 6.58. The van der Waals surface area contributed by atoms with Gasteiger partial charge in [0.15, 0.2) is 5.13 Å². The summed E-state index contributed by atoms with van der Waals surface area (Å²) in [6.07, 6.45) is 3.23. The molecule has 0 aromatic carbocycles. The molecule has 0 bridgehead atoms. The maximum Gasteiger partial charge on any atom is 0.245 e. The SMILES string of the molecule is COCCNC(=O)C1(Nc2nccs2)CCN(Cc2scnc2C)CC1. The van der Waals surface area contributed by atoms with Crippen LogP contribution in [0.3, 0.4) is 0 Å². The fraction of sp³-hybridized carbons (Fsp3) is 0.588. The van der Waals surface area contributed by atoms with Gasteiger partial charge >= 0.3 is 0 Å². The number of hydrogen-bond donors (Lipinski definition) is 2. The van der Waals surface area contributed by atoms with Gasteiger partial charge in [-0.3, -0.25) is 9.69 Å². The molecule has 2 N–H and O–H groups in total. The fourth-order valence-electron chi connectivity index (χ4n) is 3.11. The number of ether oxygens (including phenoxy) is 1. The molecule has 0 radical (unpaired) electrons. The number of aromatic nitrogens is 2. The minimum absolute atomic E-state index is 0.0263. The van der Waals surface area contributed by atoms with Crippen LogP contribution in [0.4, 0.5) is 5.13 Å². The van der Waals surface area contributed by atoms with Gasteiger partial charge in [-0.25, -0.2) is 9.97 Å². The van der Waals surface area contributed by atoms with E-state index in [4.69, 9.17) is 4.74 Å². The lowest BCUT2D eigenvalue weighted by atomic mass is 9.86. The summed E-state index contributed by atoms with van der Waals surface area (Å²) in [5.41, 5.74) is 2.38. The minimum atomic E-state index is -0.620. The van der Waals surface area contributed by atoms with Gasteiger partial charge in [-0.2, -0.15) is 0 Å². The number of thiazole rings is 2. The first-order valence-electron chi connectivity index (χ1n) is 8.69. The van der Waals surface area contributed by atoms with Crippen molar-refractivity contribution >= 4 is 33.7 Å². The number of carbonyl (C=O) groups excluding carboxylic acids is 1. The number of hydrogen-bond acceptors (Lipinski definition) is 8. The quantitative estimate of drug-likeness (QED) is 0.667. The molecule has 7 nitrogen and oxygen atoms in total. The van der Waals surface area contributed by atoms with Gasteiger partial charge in [0, 0.05) is 49.7 Å². The lowest BCUT2D eigenvalue weighted by molar-refractivity contribution is -0.127. The van der Waals surface area contributed by atoms with Gasteiger partial charge in [-0.05, 0) is 19.8 Å². The van der Waals surface area contributed by atoms with Crippen LogP contribution >= 0.6 is 22.7 Å². The van der Waals surface area contributed by atoms with E-state index < -0.39 is 5.54 Å². The van der Waals surface area contributed by atoms with Gasteiger partial charge in [-0.15, -0.1) is 22.7 Å². The number of amides is 1. The molecule has 1 amide bonds. The molecule has 1 aliphatic rings. The highest BCUT2D eigenvalue weighted by Crippen LogP contribution is 2.30. The monoisotopic (exact) mass is 395 g/mol. The summed E-state index contributed by atoms with van der Waals surface area (Å²) in [7, 11) is 1.63. The molecule has 0 atom stereocenters. The van der Waals surface area contributed by atoms with Crippen LogP contribution in [0.5, 0.6) is 0 Å². The molecule has 142 valence electrons. The highest BCUT2D eigenvalue weighted by molar-refractivity contribution is 7.13. The second-order valence-corrected chi connectivity index (χ2v) is 8.26. The molecule has 1 aliphatic heterocycles. The number of piperidine rings is 1. The number of carbonyl (C=O) groups is 1. The molecule has 26 heavy (non-hydrogen) atoms. The summed E-state index contributed by atoms with van der Waals surface area (Å²) < 4.78 is 5.05. The number of rotatable bonds is 8. The molecule has 3 rings (SSSR count). The Morgan fingerprint density at radius 3 is 2.77 bits per heavy atom. The van der Waals surface area contributed by atoms with Crippen molar-refractivity contribution in [2.75, 3.05) is 38.7 Å². The maximum atomic E-state index is 12.9. The lowest BCUT2D eigenvalue weighted by Gasteiger charge is -2.41. The molecule has 2 aromatic rings. The predicted molar refractivity (Wildman–Crippen MR) is 105 cm³/mol. The molecular weight excluding hydrogens is 370 g/mol.